The topological polar surface area (TPSA) is 25.8 Å². The number of pyridine rings is 2. The third-order valence-corrected chi connectivity index (χ3v) is 12.9. The van der Waals surface area contributed by atoms with Gasteiger partial charge in [0.2, 0.25) is 0 Å². The zero-order valence-corrected chi connectivity index (χ0v) is 32.8. The largest absolute Gasteiger partial charge is 0.305 e. The molecular formula is C41H48IrN2Si2-2. The monoisotopic (exact) mass is 817 g/mol. The van der Waals surface area contributed by atoms with Crippen LogP contribution in [0.1, 0.15) is 37.7 Å². The molecule has 1 aliphatic rings. The van der Waals surface area contributed by atoms with Crippen molar-refractivity contribution in [1.29, 1.82) is 0 Å². The van der Waals surface area contributed by atoms with E-state index in [4.69, 9.17) is 9.97 Å². The maximum Gasteiger partial charge on any atom is 0.0803 e. The van der Waals surface area contributed by atoms with E-state index in [0.717, 1.165) is 28.4 Å². The Labute approximate surface area is 293 Å². The van der Waals surface area contributed by atoms with Crippen LogP contribution in [0.15, 0.2) is 103 Å². The summed E-state index contributed by atoms with van der Waals surface area (Å²) < 4.78 is 0. The second-order valence-corrected chi connectivity index (χ2v) is 24.5. The normalized spacial score (nSPS) is 13.7. The third kappa shape index (κ3) is 9.54. The smallest absolute Gasteiger partial charge is 0.0803 e. The first kappa shape index (κ1) is 35.9. The van der Waals surface area contributed by atoms with E-state index in [0.29, 0.717) is 0 Å². The molecule has 2 heterocycles. The van der Waals surface area contributed by atoms with Crippen molar-refractivity contribution in [3.8, 4) is 33.6 Å². The molecule has 0 bridgehead atoms. The van der Waals surface area contributed by atoms with Gasteiger partial charge in [0.1, 0.15) is 0 Å². The van der Waals surface area contributed by atoms with Gasteiger partial charge in [0.15, 0.2) is 0 Å². The Balaban J connectivity index is 0.000000205. The van der Waals surface area contributed by atoms with Gasteiger partial charge in [-0.05, 0) is 45.2 Å². The molecule has 1 aliphatic carbocycles. The van der Waals surface area contributed by atoms with E-state index in [1.54, 1.807) is 10.8 Å². The average molecular weight is 817 g/mol. The first-order chi connectivity index (χ1) is 21.6. The van der Waals surface area contributed by atoms with Gasteiger partial charge >= 0.3 is 0 Å². The summed E-state index contributed by atoms with van der Waals surface area (Å²) in [5, 5.41) is 2.95. The fourth-order valence-corrected chi connectivity index (χ4v) is 9.42. The molecule has 1 radical (unpaired) electrons. The van der Waals surface area contributed by atoms with Gasteiger partial charge in [-0.3, -0.25) is 0 Å². The molecule has 1 saturated carbocycles. The molecule has 2 aromatic heterocycles. The number of aromatic nitrogens is 2. The van der Waals surface area contributed by atoms with Crippen molar-refractivity contribution in [3.05, 3.63) is 121 Å². The van der Waals surface area contributed by atoms with Crippen molar-refractivity contribution >= 4 is 26.5 Å². The second-order valence-electron chi connectivity index (χ2n) is 14.5. The SMILES string of the molecule is C[Si](C)(C)c1cnc(-c2[c-]cccc2)cc1-c1ccccc1.C[Si](C)(C)c1cnc(-c2[c-]cccc2)cc1CC1CCCCC1.[Ir]. The van der Waals surface area contributed by atoms with Gasteiger partial charge in [0.05, 0.1) is 16.1 Å². The number of nitrogens with zero attached hydrogens (tertiary/aromatic N) is 2. The zero-order chi connectivity index (χ0) is 31.9. The van der Waals surface area contributed by atoms with Gasteiger partial charge in [0, 0.05) is 32.5 Å². The van der Waals surface area contributed by atoms with Crippen LogP contribution in [0.5, 0.6) is 0 Å². The number of hydrogen-bond donors (Lipinski definition) is 0. The van der Waals surface area contributed by atoms with Gasteiger partial charge in [-0.2, -0.15) is 0 Å². The molecule has 0 N–H and O–H groups in total. The summed E-state index contributed by atoms with van der Waals surface area (Å²) in [4.78, 5) is 9.48. The van der Waals surface area contributed by atoms with Crippen molar-refractivity contribution in [2.45, 2.75) is 77.8 Å². The molecule has 3 aromatic carbocycles. The van der Waals surface area contributed by atoms with Crippen LogP contribution in [0.2, 0.25) is 39.3 Å². The Morgan fingerprint density at radius 1 is 0.630 bits per heavy atom. The van der Waals surface area contributed by atoms with Gasteiger partial charge in [0.25, 0.3) is 0 Å². The van der Waals surface area contributed by atoms with Crippen molar-refractivity contribution in [3.63, 3.8) is 0 Å². The van der Waals surface area contributed by atoms with Crippen LogP contribution in [0.25, 0.3) is 33.6 Å². The molecule has 1 fully saturated rings. The maximum atomic E-state index is 4.77. The summed E-state index contributed by atoms with van der Waals surface area (Å²) in [6, 6.07) is 38.0. The number of hydrogen-bond acceptors (Lipinski definition) is 2. The van der Waals surface area contributed by atoms with Crippen LogP contribution < -0.4 is 10.4 Å². The summed E-state index contributed by atoms with van der Waals surface area (Å²) in [6.45, 7) is 14.4. The summed E-state index contributed by atoms with van der Waals surface area (Å²) in [5.41, 5.74) is 8.35. The molecule has 0 amide bonds. The molecule has 6 rings (SSSR count). The molecule has 5 aromatic rings. The predicted octanol–water partition coefficient (Wildman–Crippen LogP) is 9.98. The zero-order valence-electron chi connectivity index (χ0n) is 28.4. The van der Waals surface area contributed by atoms with Crippen molar-refractivity contribution in [1.82, 2.24) is 9.97 Å². The first-order valence-electron chi connectivity index (χ1n) is 16.6. The van der Waals surface area contributed by atoms with Gasteiger partial charge in [-0.25, -0.2) is 0 Å². The van der Waals surface area contributed by atoms with Crippen LogP contribution in [0.4, 0.5) is 0 Å². The van der Waals surface area contributed by atoms with Crippen LogP contribution in [-0.4, -0.2) is 26.1 Å². The Morgan fingerprint density at radius 3 is 1.67 bits per heavy atom. The van der Waals surface area contributed by atoms with Gasteiger partial charge in [-0.15, -0.1) is 71.8 Å². The van der Waals surface area contributed by atoms with E-state index in [-0.39, 0.29) is 20.1 Å². The Bertz CT molecular complexity index is 1650. The maximum absolute atomic E-state index is 4.77. The second kappa shape index (κ2) is 16.2. The van der Waals surface area contributed by atoms with E-state index in [1.165, 1.54) is 54.8 Å². The number of rotatable bonds is 7. The van der Waals surface area contributed by atoms with Gasteiger partial charge in [-0.1, -0.05) is 119 Å². The van der Waals surface area contributed by atoms with Crippen LogP contribution in [0.3, 0.4) is 0 Å². The molecular weight excluding hydrogens is 769 g/mol. The summed E-state index contributed by atoms with van der Waals surface area (Å²) in [6.07, 6.45) is 12.5. The minimum atomic E-state index is -1.46. The summed E-state index contributed by atoms with van der Waals surface area (Å²) in [5.74, 6) is 0.869. The number of benzene rings is 3. The third-order valence-electron chi connectivity index (χ3n) is 8.80. The van der Waals surface area contributed by atoms with Gasteiger partial charge < -0.3 is 9.97 Å². The van der Waals surface area contributed by atoms with E-state index >= 15 is 0 Å². The molecule has 0 atom stereocenters. The Kier molecular flexibility index (Phi) is 12.7. The standard InChI is InChI=1S/C21H28NSi.C20H20NSi.Ir/c1-23(2,3)21-16-22-20(18-12-8-5-9-13-18)15-19(21)14-17-10-6-4-7-11-17;1-22(2,3)20-15-21-19(17-12-8-5-9-13-17)14-18(20)16-10-6-4-7-11-16;/h5,8-9,12,15-17H,4,6-7,10-11,14H2,1-3H3;4-12,14-15H,1-3H3;/q2*-1;. The molecule has 241 valence electrons. The fraction of sp³-hybridized carbons (Fsp3) is 0.317. The molecule has 0 aliphatic heterocycles. The van der Waals surface area contributed by atoms with E-state index in [2.05, 4.69) is 124 Å². The minimum absolute atomic E-state index is 0. The van der Waals surface area contributed by atoms with Crippen LogP contribution in [-0.2, 0) is 26.5 Å². The molecule has 0 spiro atoms. The molecule has 0 unspecified atom stereocenters. The van der Waals surface area contributed by atoms with E-state index in [1.807, 2.05) is 30.3 Å². The van der Waals surface area contributed by atoms with E-state index in [9.17, 15) is 0 Å². The van der Waals surface area contributed by atoms with Crippen LogP contribution in [0, 0.1) is 18.1 Å². The quantitative estimate of drug-likeness (QED) is 0.121. The Morgan fingerprint density at radius 2 is 1.15 bits per heavy atom. The molecule has 0 saturated heterocycles. The minimum Gasteiger partial charge on any atom is -0.305 e. The Hall–Kier alpha value is -2.96. The van der Waals surface area contributed by atoms with Crippen molar-refractivity contribution in [2.24, 2.45) is 5.92 Å². The summed E-state index contributed by atoms with van der Waals surface area (Å²) in [7, 11) is -2.82. The van der Waals surface area contributed by atoms with E-state index < -0.39 is 16.1 Å². The predicted molar refractivity (Wildman–Crippen MR) is 199 cm³/mol. The first-order valence-corrected chi connectivity index (χ1v) is 23.6. The van der Waals surface area contributed by atoms with Crippen molar-refractivity contribution in [2.75, 3.05) is 0 Å². The molecule has 5 heteroatoms. The summed E-state index contributed by atoms with van der Waals surface area (Å²) >= 11 is 0. The van der Waals surface area contributed by atoms with Crippen molar-refractivity contribution < 1.29 is 20.1 Å². The molecule has 2 nitrogen and oxygen atoms in total. The van der Waals surface area contributed by atoms with Crippen LogP contribution >= 0.6 is 0 Å². The molecule has 46 heavy (non-hydrogen) atoms. The fourth-order valence-electron chi connectivity index (χ4n) is 6.35. The average Bonchev–Trinajstić information content (AvgIpc) is 3.05.